The number of benzene rings is 2. The normalized spacial score (nSPS) is 10.5. The summed E-state index contributed by atoms with van der Waals surface area (Å²) < 4.78 is 24.8. The first-order valence-corrected chi connectivity index (χ1v) is 6.78. The number of amides is 1. The standard InChI is InChI=1S/C17H13FN2O3/c1-22-11-3-4-12-14(9-11)20-7-6-15(12)23-16-5-2-10(17(19)21)8-13(16)18/h2-9H,1H3,(H2,19,21). The van der Waals surface area contributed by atoms with E-state index < -0.39 is 11.7 Å². The Morgan fingerprint density at radius 2 is 1.96 bits per heavy atom. The van der Waals surface area contributed by atoms with Gasteiger partial charge in [-0.2, -0.15) is 0 Å². The number of hydrogen-bond acceptors (Lipinski definition) is 4. The molecule has 6 heteroatoms. The Morgan fingerprint density at radius 3 is 2.65 bits per heavy atom. The third-order valence-corrected chi connectivity index (χ3v) is 3.35. The van der Waals surface area contributed by atoms with Crippen LogP contribution < -0.4 is 15.2 Å². The maximum atomic E-state index is 14.0. The van der Waals surface area contributed by atoms with Crippen molar-refractivity contribution in [3.05, 3.63) is 60.0 Å². The fraction of sp³-hybridized carbons (Fsp3) is 0.0588. The monoisotopic (exact) mass is 312 g/mol. The van der Waals surface area contributed by atoms with Crippen LogP contribution in [-0.4, -0.2) is 18.0 Å². The number of carbonyl (C=O) groups excluding carboxylic acids is 1. The maximum Gasteiger partial charge on any atom is 0.248 e. The highest BCUT2D eigenvalue weighted by molar-refractivity contribution is 5.93. The van der Waals surface area contributed by atoms with Crippen LogP contribution in [0.5, 0.6) is 17.2 Å². The summed E-state index contributed by atoms with van der Waals surface area (Å²) in [5.41, 5.74) is 5.87. The summed E-state index contributed by atoms with van der Waals surface area (Å²) in [5.74, 6) is -0.252. The van der Waals surface area contributed by atoms with Crippen molar-refractivity contribution in [2.45, 2.75) is 0 Å². The van der Waals surface area contributed by atoms with Crippen molar-refractivity contribution < 1.29 is 18.7 Å². The molecule has 0 radical (unpaired) electrons. The minimum atomic E-state index is -0.697. The van der Waals surface area contributed by atoms with Crippen molar-refractivity contribution in [2.24, 2.45) is 5.73 Å². The van der Waals surface area contributed by atoms with E-state index in [2.05, 4.69) is 4.98 Å². The molecule has 1 aromatic heterocycles. The molecule has 116 valence electrons. The molecule has 0 aliphatic carbocycles. The van der Waals surface area contributed by atoms with Crippen LogP contribution in [0.2, 0.25) is 0 Å². The SMILES string of the molecule is COc1ccc2c(Oc3ccc(C(N)=O)cc3F)ccnc2c1. The topological polar surface area (TPSA) is 74.4 Å². The van der Waals surface area contributed by atoms with Crippen molar-refractivity contribution >= 4 is 16.8 Å². The van der Waals surface area contributed by atoms with Crippen LogP contribution in [0, 0.1) is 5.82 Å². The van der Waals surface area contributed by atoms with Crippen LogP contribution in [0.25, 0.3) is 10.9 Å². The van der Waals surface area contributed by atoms with E-state index in [0.29, 0.717) is 22.4 Å². The number of nitrogens with two attached hydrogens (primary N) is 1. The number of carbonyl (C=O) groups is 1. The molecule has 0 saturated carbocycles. The van der Waals surface area contributed by atoms with Crippen molar-refractivity contribution in [2.75, 3.05) is 7.11 Å². The lowest BCUT2D eigenvalue weighted by Crippen LogP contribution is -2.11. The molecular formula is C17H13FN2O3. The molecule has 2 aromatic carbocycles. The summed E-state index contributed by atoms with van der Waals surface area (Å²) in [6.07, 6.45) is 1.56. The van der Waals surface area contributed by atoms with E-state index in [0.717, 1.165) is 6.07 Å². The lowest BCUT2D eigenvalue weighted by Gasteiger charge is -2.10. The second-order valence-corrected chi connectivity index (χ2v) is 4.80. The predicted octanol–water partition coefficient (Wildman–Crippen LogP) is 3.27. The molecule has 1 amide bonds. The highest BCUT2D eigenvalue weighted by atomic mass is 19.1. The number of halogens is 1. The second-order valence-electron chi connectivity index (χ2n) is 4.80. The van der Waals surface area contributed by atoms with Crippen LogP contribution in [0.4, 0.5) is 4.39 Å². The first kappa shape index (κ1) is 14.8. The average molecular weight is 312 g/mol. The van der Waals surface area contributed by atoms with E-state index in [4.69, 9.17) is 15.2 Å². The fourth-order valence-electron chi connectivity index (χ4n) is 2.17. The van der Waals surface area contributed by atoms with E-state index in [1.54, 1.807) is 37.6 Å². The van der Waals surface area contributed by atoms with Crippen molar-refractivity contribution in [1.82, 2.24) is 4.98 Å². The van der Waals surface area contributed by atoms with E-state index in [1.807, 2.05) is 0 Å². The van der Waals surface area contributed by atoms with Gasteiger partial charge in [0.1, 0.15) is 11.5 Å². The average Bonchev–Trinajstić information content (AvgIpc) is 2.56. The molecular weight excluding hydrogens is 299 g/mol. The Balaban J connectivity index is 2.00. The lowest BCUT2D eigenvalue weighted by molar-refractivity contribution is 0.1000. The van der Waals surface area contributed by atoms with E-state index >= 15 is 0 Å². The summed E-state index contributed by atoms with van der Waals surface area (Å²) in [5, 5.41) is 0.715. The predicted molar refractivity (Wildman–Crippen MR) is 83.3 cm³/mol. The third-order valence-electron chi connectivity index (χ3n) is 3.35. The molecule has 0 aliphatic heterocycles. The number of hydrogen-bond donors (Lipinski definition) is 1. The van der Waals surface area contributed by atoms with Crippen LogP contribution in [0.15, 0.2) is 48.7 Å². The van der Waals surface area contributed by atoms with Gasteiger partial charge in [-0.3, -0.25) is 9.78 Å². The van der Waals surface area contributed by atoms with Crippen molar-refractivity contribution in [3.8, 4) is 17.2 Å². The minimum absolute atomic E-state index is 0.00156. The zero-order valence-electron chi connectivity index (χ0n) is 12.2. The smallest absolute Gasteiger partial charge is 0.248 e. The number of nitrogens with zero attached hydrogens (tertiary/aromatic N) is 1. The largest absolute Gasteiger partial charge is 0.497 e. The van der Waals surface area contributed by atoms with Gasteiger partial charge in [0.25, 0.3) is 0 Å². The Kier molecular flexibility index (Phi) is 3.80. The Hall–Kier alpha value is -3.15. The number of pyridine rings is 1. The van der Waals surface area contributed by atoms with Crippen LogP contribution >= 0.6 is 0 Å². The van der Waals surface area contributed by atoms with Crippen LogP contribution in [0.1, 0.15) is 10.4 Å². The molecule has 23 heavy (non-hydrogen) atoms. The molecule has 0 spiro atoms. The Labute approximate surface area is 131 Å². The van der Waals surface area contributed by atoms with Gasteiger partial charge in [0.15, 0.2) is 11.6 Å². The van der Waals surface area contributed by atoms with Gasteiger partial charge in [-0.1, -0.05) is 0 Å². The first-order chi connectivity index (χ1) is 11.1. The van der Waals surface area contributed by atoms with Gasteiger partial charge in [-0.15, -0.1) is 0 Å². The molecule has 0 unspecified atom stereocenters. The van der Waals surface area contributed by atoms with Gasteiger partial charge < -0.3 is 15.2 Å². The number of ether oxygens (including phenoxy) is 2. The van der Waals surface area contributed by atoms with E-state index in [9.17, 15) is 9.18 Å². The molecule has 3 rings (SSSR count). The first-order valence-electron chi connectivity index (χ1n) is 6.78. The highest BCUT2D eigenvalue weighted by Gasteiger charge is 2.11. The molecule has 0 bridgehead atoms. The maximum absolute atomic E-state index is 14.0. The zero-order chi connectivity index (χ0) is 16.4. The van der Waals surface area contributed by atoms with Gasteiger partial charge in [0, 0.05) is 23.2 Å². The molecule has 2 N–H and O–H groups in total. The van der Waals surface area contributed by atoms with Gasteiger partial charge in [0.2, 0.25) is 5.91 Å². The molecule has 3 aromatic rings. The summed E-state index contributed by atoms with van der Waals surface area (Å²) in [7, 11) is 1.57. The molecule has 1 heterocycles. The molecule has 0 fully saturated rings. The summed E-state index contributed by atoms with van der Waals surface area (Å²) in [4.78, 5) is 15.3. The van der Waals surface area contributed by atoms with E-state index in [1.165, 1.54) is 12.1 Å². The van der Waals surface area contributed by atoms with Crippen LogP contribution in [-0.2, 0) is 0 Å². The number of primary amides is 1. The summed E-state index contributed by atoms with van der Waals surface area (Å²) in [6, 6.07) is 10.8. The number of rotatable bonds is 4. The van der Waals surface area contributed by atoms with Gasteiger partial charge >= 0.3 is 0 Å². The van der Waals surface area contributed by atoms with Crippen LogP contribution in [0.3, 0.4) is 0 Å². The molecule has 0 aliphatic rings. The molecule has 5 nitrogen and oxygen atoms in total. The lowest BCUT2D eigenvalue weighted by atomic mass is 10.2. The van der Waals surface area contributed by atoms with Crippen molar-refractivity contribution in [1.29, 1.82) is 0 Å². The highest BCUT2D eigenvalue weighted by Crippen LogP contribution is 2.32. The number of methoxy groups -OCH3 is 1. The minimum Gasteiger partial charge on any atom is -0.497 e. The molecule has 0 atom stereocenters. The second kappa shape index (κ2) is 5.92. The van der Waals surface area contributed by atoms with Gasteiger partial charge in [0.05, 0.1) is 12.6 Å². The third kappa shape index (κ3) is 2.91. The quantitative estimate of drug-likeness (QED) is 0.802. The Bertz CT molecular complexity index is 896. The zero-order valence-corrected chi connectivity index (χ0v) is 12.2. The Morgan fingerprint density at radius 1 is 1.13 bits per heavy atom. The summed E-state index contributed by atoms with van der Waals surface area (Å²) >= 11 is 0. The van der Waals surface area contributed by atoms with Gasteiger partial charge in [-0.25, -0.2) is 4.39 Å². The fourth-order valence-corrected chi connectivity index (χ4v) is 2.17. The van der Waals surface area contributed by atoms with Crippen molar-refractivity contribution in [3.63, 3.8) is 0 Å². The number of fused-ring (bicyclic) bond motifs is 1. The molecule has 0 saturated heterocycles. The number of aromatic nitrogens is 1. The van der Waals surface area contributed by atoms with E-state index in [-0.39, 0.29) is 11.3 Å². The van der Waals surface area contributed by atoms with Gasteiger partial charge in [-0.05, 0) is 36.4 Å². The summed E-state index contributed by atoms with van der Waals surface area (Å²) in [6.45, 7) is 0.